The number of aldehydes is 1. The molecule has 4 nitrogen and oxygen atoms in total. The van der Waals surface area contributed by atoms with E-state index in [1.54, 1.807) is 13.8 Å². The summed E-state index contributed by atoms with van der Waals surface area (Å²) in [7, 11) is 0. The molecule has 0 aliphatic heterocycles. The molecular formula is C10H19NO3. The van der Waals surface area contributed by atoms with Gasteiger partial charge in [0.15, 0.2) is 0 Å². The number of carbonyl (C=O) groups is 2. The van der Waals surface area contributed by atoms with Crippen LogP contribution in [0.5, 0.6) is 0 Å². The summed E-state index contributed by atoms with van der Waals surface area (Å²) >= 11 is 0. The van der Waals surface area contributed by atoms with Gasteiger partial charge in [0.1, 0.15) is 12.4 Å². The maximum atomic E-state index is 11.3. The van der Waals surface area contributed by atoms with E-state index in [1.807, 2.05) is 13.8 Å². The lowest BCUT2D eigenvalue weighted by Gasteiger charge is -2.20. The molecule has 1 amide bonds. The Kier molecular flexibility index (Phi) is 5.38. The molecule has 0 bridgehead atoms. The van der Waals surface area contributed by atoms with Gasteiger partial charge in [-0.3, -0.25) is 4.79 Å². The molecule has 82 valence electrons. The molecule has 2 N–H and O–H groups in total. The van der Waals surface area contributed by atoms with E-state index in [1.165, 1.54) is 0 Å². The van der Waals surface area contributed by atoms with Crippen molar-refractivity contribution in [3.8, 4) is 0 Å². The van der Waals surface area contributed by atoms with Gasteiger partial charge in [0.25, 0.3) is 0 Å². The zero-order chi connectivity index (χ0) is 11.3. The van der Waals surface area contributed by atoms with Crippen molar-refractivity contribution < 1.29 is 14.7 Å². The van der Waals surface area contributed by atoms with Gasteiger partial charge in [-0.05, 0) is 11.8 Å². The summed E-state index contributed by atoms with van der Waals surface area (Å²) in [4.78, 5) is 21.9. The fourth-order valence-corrected chi connectivity index (χ4v) is 0.910. The lowest BCUT2D eigenvalue weighted by atomic mass is 10.0. The molecule has 4 heteroatoms. The predicted molar refractivity (Wildman–Crippen MR) is 53.7 cm³/mol. The summed E-state index contributed by atoms with van der Waals surface area (Å²) in [6.07, 6.45) is -0.355. The maximum absolute atomic E-state index is 11.3. The Balaban J connectivity index is 4.22. The first-order chi connectivity index (χ1) is 6.40. The standard InChI is InChI=1S/C10H19NO3/c1-6(2)8(5-12)11-10(14)9(13)7(3)4/h5-9,13H,1-4H3,(H,11,14)/t8?,9-/m0/s1. The Hall–Kier alpha value is -0.900. The van der Waals surface area contributed by atoms with E-state index in [0.29, 0.717) is 6.29 Å². The first kappa shape index (κ1) is 13.1. The average molecular weight is 201 g/mol. The molecule has 14 heavy (non-hydrogen) atoms. The molecule has 0 saturated carbocycles. The Bertz CT molecular complexity index is 202. The molecule has 0 aromatic heterocycles. The molecule has 0 rings (SSSR count). The van der Waals surface area contributed by atoms with Crippen molar-refractivity contribution in [3.05, 3.63) is 0 Å². The van der Waals surface area contributed by atoms with Crippen molar-refractivity contribution >= 4 is 12.2 Å². The van der Waals surface area contributed by atoms with Gasteiger partial charge in [0.05, 0.1) is 6.04 Å². The number of hydrogen-bond acceptors (Lipinski definition) is 3. The minimum absolute atomic E-state index is 0.0378. The molecule has 2 atom stereocenters. The third-order valence-corrected chi connectivity index (χ3v) is 2.07. The second-order valence-corrected chi connectivity index (χ2v) is 4.10. The molecule has 0 aromatic rings. The largest absolute Gasteiger partial charge is 0.383 e. The number of amides is 1. The van der Waals surface area contributed by atoms with Crippen molar-refractivity contribution in [3.63, 3.8) is 0 Å². The monoisotopic (exact) mass is 201 g/mol. The first-order valence-electron chi connectivity index (χ1n) is 4.83. The number of hydrogen-bond donors (Lipinski definition) is 2. The topological polar surface area (TPSA) is 66.4 Å². The molecule has 0 aliphatic rings. The van der Waals surface area contributed by atoms with Gasteiger partial charge in [-0.2, -0.15) is 0 Å². The molecule has 0 heterocycles. The molecule has 1 unspecified atom stereocenters. The van der Waals surface area contributed by atoms with E-state index in [9.17, 15) is 14.7 Å². The third kappa shape index (κ3) is 3.87. The Morgan fingerprint density at radius 2 is 1.71 bits per heavy atom. The minimum atomic E-state index is -1.05. The second kappa shape index (κ2) is 5.75. The summed E-state index contributed by atoms with van der Waals surface area (Å²) < 4.78 is 0. The van der Waals surface area contributed by atoms with Crippen LogP contribution in [-0.2, 0) is 9.59 Å². The molecule has 0 radical (unpaired) electrons. The Labute approximate surface area is 84.7 Å². The summed E-state index contributed by atoms with van der Waals surface area (Å²) in [5, 5.41) is 11.9. The lowest BCUT2D eigenvalue weighted by molar-refractivity contribution is -0.133. The zero-order valence-electron chi connectivity index (χ0n) is 9.15. The summed E-state index contributed by atoms with van der Waals surface area (Å²) in [6.45, 7) is 7.16. The second-order valence-electron chi connectivity index (χ2n) is 4.10. The van der Waals surface area contributed by atoms with E-state index < -0.39 is 18.1 Å². The van der Waals surface area contributed by atoms with Crippen LogP contribution in [0.2, 0.25) is 0 Å². The number of nitrogens with one attached hydrogen (secondary N) is 1. The van der Waals surface area contributed by atoms with E-state index in [0.717, 1.165) is 0 Å². The van der Waals surface area contributed by atoms with Gasteiger partial charge in [0.2, 0.25) is 5.91 Å². The Morgan fingerprint density at radius 3 is 2.00 bits per heavy atom. The summed E-state index contributed by atoms with van der Waals surface area (Å²) in [5.74, 6) is -0.587. The van der Waals surface area contributed by atoms with Crippen LogP contribution >= 0.6 is 0 Å². The first-order valence-corrected chi connectivity index (χ1v) is 4.83. The van der Waals surface area contributed by atoms with E-state index in [-0.39, 0.29) is 11.8 Å². The van der Waals surface area contributed by atoms with Crippen molar-refractivity contribution in [2.24, 2.45) is 11.8 Å². The quantitative estimate of drug-likeness (QED) is 0.630. The van der Waals surface area contributed by atoms with Crippen LogP contribution < -0.4 is 5.32 Å². The van der Waals surface area contributed by atoms with Crippen molar-refractivity contribution in [2.75, 3.05) is 0 Å². The highest BCUT2D eigenvalue weighted by Gasteiger charge is 2.22. The van der Waals surface area contributed by atoms with E-state index >= 15 is 0 Å². The zero-order valence-corrected chi connectivity index (χ0v) is 9.15. The smallest absolute Gasteiger partial charge is 0.249 e. The number of aliphatic hydroxyl groups excluding tert-OH is 1. The number of aliphatic hydroxyl groups is 1. The molecule has 0 fully saturated rings. The molecule has 0 spiro atoms. The van der Waals surface area contributed by atoms with Gasteiger partial charge in [-0.1, -0.05) is 27.7 Å². The molecule has 0 aromatic carbocycles. The fraction of sp³-hybridized carbons (Fsp3) is 0.800. The lowest BCUT2D eigenvalue weighted by Crippen LogP contribution is -2.46. The van der Waals surface area contributed by atoms with Crippen LogP contribution in [0.15, 0.2) is 0 Å². The highest BCUT2D eigenvalue weighted by atomic mass is 16.3. The molecule has 0 aliphatic carbocycles. The maximum Gasteiger partial charge on any atom is 0.249 e. The van der Waals surface area contributed by atoms with Crippen LogP contribution in [0.25, 0.3) is 0 Å². The Morgan fingerprint density at radius 1 is 1.21 bits per heavy atom. The van der Waals surface area contributed by atoms with Gasteiger partial charge < -0.3 is 15.2 Å². The normalized spacial score (nSPS) is 15.4. The van der Waals surface area contributed by atoms with Crippen LogP contribution in [0.3, 0.4) is 0 Å². The summed E-state index contributed by atoms with van der Waals surface area (Å²) in [5.41, 5.74) is 0. The number of rotatable bonds is 5. The summed E-state index contributed by atoms with van der Waals surface area (Å²) in [6, 6.07) is -0.518. The van der Waals surface area contributed by atoms with Gasteiger partial charge in [-0.25, -0.2) is 0 Å². The minimum Gasteiger partial charge on any atom is -0.383 e. The van der Waals surface area contributed by atoms with Crippen molar-refractivity contribution in [2.45, 2.75) is 39.8 Å². The van der Waals surface area contributed by atoms with Crippen molar-refractivity contribution in [1.29, 1.82) is 0 Å². The average Bonchev–Trinajstić information content (AvgIpc) is 2.11. The van der Waals surface area contributed by atoms with E-state index in [2.05, 4.69) is 5.32 Å². The number of carbonyl (C=O) groups excluding carboxylic acids is 2. The predicted octanol–water partition coefficient (Wildman–Crippen LogP) is 0.343. The highest BCUT2D eigenvalue weighted by molar-refractivity contribution is 5.83. The van der Waals surface area contributed by atoms with Crippen LogP contribution in [0.4, 0.5) is 0 Å². The SMILES string of the molecule is CC(C)C(C=O)NC(=O)[C@@H](O)C(C)C. The van der Waals surface area contributed by atoms with Crippen LogP contribution in [0, 0.1) is 11.8 Å². The van der Waals surface area contributed by atoms with Crippen LogP contribution in [-0.4, -0.2) is 29.4 Å². The van der Waals surface area contributed by atoms with E-state index in [4.69, 9.17) is 0 Å². The molecular weight excluding hydrogens is 182 g/mol. The van der Waals surface area contributed by atoms with Gasteiger partial charge in [-0.15, -0.1) is 0 Å². The fourth-order valence-electron chi connectivity index (χ4n) is 0.910. The van der Waals surface area contributed by atoms with Gasteiger partial charge in [0, 0.05) is 0 Å². The highest BCUT2D eigenvalue weighted by Crippen LogP contribution is 2.03. The van der Waals surface area contributed by atoms with Crippen molar-refractivity contribution in [1.82, 2.24) is 5.32 Å². The molecule has 0 saturated heterocycles. The third-order valence-electron chi connectivity index (χ3n) is 2.07. The van der Waals surface area contributed by atoms with Gasteiger partial charge >= 0.3 is 0 Å². The van der Waals surface area contributed by atoms with Crippen LogP contribution in [0.1, 0.15) is 27.7 Å².